The van der Waals surface area contributed by atoms with Crippen molar-refractivity contribution in [1.29, 1.82) is 0 Å². The van der Waals surface area contributed by atoms with Gasteiger partial charge in [0.25, 0.3) is 5.56 Å². The Morgan fingerprint density at radius 2 is 1.96 bits per heavy atom. The van der Waals surface area contributed by atoms with Gasteiger partial charge >= 0.3 is 0 Å². The fourth-order valence-corrected chi connectivity index (χ4v) is 2.78. The highest BCUT2D eigenvalue weighted by Gasteiger charge is 2.17. The smallest absolute Gasteiger partial charge is 0.267 e. The average molecular weight is 460 g/mol. The van der Waals surface area contributed by atoms with Crippen LogP contribution in [0.25, 0.3) is 11.3 Å². The molecule has 1 aromatic carbocycles. The molecule has 3 rings (SSSR count). The van der Waals surface area contributed by atoms with Gasteiger partial charge in [0.15, 0.2) is 0 Å². The largest absolute Gasteiger partial charge is 0.350 e. The molecule has 1 unspecified atom stereocenters. The number of benzene rings is 1. The Morgan fingerprint density at radius 3 is 2.65 bits per heavy atom. The number of hydrogen-bond donors (Lipinski definition) is 1. The highest BCUT2D eigenvalue weighted by molar-refractivity contribution is 14.1. The van der Waals surface area contributed by atoms with Gasteiger partial charge in [0.2, 0.25) is 5.91 Å². The Hall–Kier alpha value is -2.55. The number of nitrogens with zero attached hydrogens (tertiary/aromatic N) is 3. The number of nitrogens with one attached hydrogen (secondary N) is 1. The van der Waals surface area contributed by atoms with Crippen LogP contribution in [0, 0.1) is 3.57 Å². The molecule has 1 amide bonds. The van der Waals surface area contributed by atoms with Crippen molar-refractivity contribution < 1.29 is 4.79 Å². The maximum absolute atomic E-state index is 12.5. The molecule has 0 bridgehead atoms. The summed E-state index contributed by atoms with van der Waals surface area (Å²) in [5.41, 5.74) is 2.05. The number of amides is 1. The number of carbonyl (C=O) groups excluding carboxylic acids is 1. The molecule has 1 N–H and O–H groups in total. The second-order valence-corrected chi connectivity index (χ2v) is 7.01. The molecule has 0 saturated heterocycles. The zero-order valence-corrected chi connectivity index (χ0v) is 16.3. The first kappa shape index (κ1) is 18.2. The minimum absolute atomic E-state index is 0.263. The molecule has 3 aromatic rings. The average Bonchev–Trinajstić information content (AvgIpc) is 2.68. The quantitative estimate of drug-likeness (QED) is 0.595. The van der Waals surface area contributed by atoms with Crippen LogP contribution in [0.5, 0.6) is 0 Å². The van der Waals surface area contributed by atoms with E-state index in [1.165, 1.54) is 10.7 Å². The van der Waals surface area contributed by atoms with Crippen LogP contribution in [0.15, 0.2) is 65.7 Å². The number of halogens is 1. The van der Waals surface area contributed by atoms with E-state index in [-0.39, 0.29) is 11.5 Å². The third kappa shape index (κ3) is 4.34. The van der Waals surface area contributed by atoms with Crippen LogP contribution < -0.4 is 10.9 Å². The van der Waals surface area contributed by atoms with Crippen molar-refractivity contribution in [2.24, 2.45) is 0 Å². The fourth-order valence-electron chi connectivity index (χ4n) is 2.42. The second-order valence-electron chi connectivity index (χ2n) is 5.76. The Balaban J connectivity index is 1.76. The number of carbonyl (C=O) groups is 1. The first-order valence-corrected chi connectivity index (χ1v) is 9.15. The molecule has 0 aliphatic rings. The van der Waals surface area contributed by atoms with Crippen LogP contribution in [0.4, 0.5) is 0 Å². The standard InChI is InChI=1S/C19H17IN4O2/c1-13(19(26)22-11-14-4-6-16(20)7-5-14)24-18(25)9-8-17(23-24)15-3-2-10-21-12-15/h2-10,12-13H,11H2,1H3,(H,22,26). The van der Waals surface area contributed by atoms with Gasteiger partial charge in [-0.3, -0.25) is 14.6 Å². The minimum Gasteiger partial charge on any atom is -0.350 e. The van der Waals surface area contributed by atoms with Crippen molar-refractivity contribution in [2.45, 2.75) is 19.5 Å². The molecule has 26 heavy (non-hydrogen) atoms. The lowest BCUT2D eigenvalue weighted by Gasteiger charge is -2.15. The van der Waals surface area contributed by atoms with Crippen LogP contribution in [-0.2, 0) is 11.3 Å². The van der Waals surface area contributed by atoms with Crippen LogP contribution >= 0.6 is 22.6 Å². The van der Waals surface area contributed by atoms with Gasteiger partial charge in [0.05, 0.1) is 5.69 Å². The summed E-state index contributed by atoms with van der Waals surface area (Å²) in [6.07, 6.45) is 3.33. The molecule has 0 radical (unpaired) electrons. The van der Waals surface area contributed by atoms with E-state index in [0.717, 1.165) is 14.7 Å². The van der Waals surface area contributed by atoms with Crippen molar-refractivity contribution in [3.05, 3.63) is 80.4 Å². The van der Waals surface area contributed by atoms with Crippen molar-refractivity contribution in [3.63, 3.8) is 0 Å². The first-order valence-electron chi connectivity index (χ1n) is 8.07. The minimum atomic E-state index is -0.719. The molecular weight excluding hydrogens is 443 g/mol. The van der Waals surface area contributed by atoms with E-state index in [1.54, 1.807) is 31.5 Å². The number of hydrogen-bond acceptors (Lipinski definition) is 4. The fraction of sp³-hybridized carbons (Fsp3) is 0.158. The number of rotatable bonds is 5. The van der Waals surface area contributed by atoms with E-state index < -0.39 is 6.04 Å². The normalized spacial score (nSPS) is 11.8. The topological polar surface area (TPSA) is 76.9 Å². The summed E-state index contributed by atoms with van der Waals surface area (Å²) in [6, 6.07) is 13.9. The third-order valence-electron chi connectivity index (χ3n) is 3.91. The van der Waals surface area contributed by atoms with Gasteiger partial charge in [0, 0.05) is 34.1 Å². The lowest BCUT2D eigenvalue weighted by atomic mass is 10.2. The van der Waals surface area contributed by atoms with Crippen LogP contribution in [-0.4, -0.2) is 20.7 Å². The second kappa shape index (κ2) is 8.22. The van der Waals surface area contributed by atoms with E-state index >= 15 is 0 Å². The first-order chi connectivity index (χ1) is 12.5. The molecule has 0 aliphatic carbocycles. The lowest BCUT2D eigenvalue weighted by molar-refractivity contribution is -0.124. The van der Waals surface area contributed by atoms with E-state index in [4.69, 9.17) is 0 Å². The molecule has 0 saturated carbocycles. The molecule has 1 atom stereocenters. The molecule has 0 spiro atoms. The van der Waals surface area contributed by atoms with Gasteiger partial charge in [0.1, 0.15) is 6.04 Å². The van der Waals surface area contributed by atoms with Gasteiger partial charge in [-0.2, -0.15) is 5.10 Å². The highest BCUT2D eigenvalue weighted by atomic mass is 127. The van der Waals surface area contributed by atoms with Gasteiger partial charge in [-0.15, -0.1) is 0 Å². The SMILES string of the molecule is CC(C(=O)NCc1ccc(I)cc1)n1nc(-c2cccnc2)ccc1=O. The molecule has 7 heteroatoms. The zero-order valence-electron chi connectivity index (χ0n) is 14.1. The maximum Gasteiger partial charge on any atom is 0.267 e. The van der Waals surface area contributed by atoms with Crippen LogP contribution in [0.1, 0.15) is 18.5 Å². The summed E-state index contributed by atoms with van der Waals surface area (Å²) in [5.74, 6) is -0.263. The van der Waals surface area contributed by atoms with Crippen molar-refractivity contribution >= 4 is 28.5 Å². The lowest BCUT2D eigenvalue weighted by Crippen LogP contribution is -2.36. The Labute approximate surface area is 164 Å². The third-order valence-corrected chi connectivity index (χ3v) is 4.63. The van der Waals surface area contributed by atoms with Gasteiger partial charge in [-0.1, -0.05) is 12.1 Å². The van der Waals surface area contributed by atoms with E-state index in [2.05, 4.69) is 38.0 Å². The summed E-state index contributed by atoms with van der Waals surface area (Å²) in [5, 5.41) is 7.18. The van der Waals surface area contributed by atoms with E-state index in [9.17, 15) is 9.59 Å². The Morgan fingerprint density at radius 1 is 1.19 bits per heavy atom. The molecule has 0 fully saturated rings. The monoisotopic (exact) mass is 460 g/mol. The molecule has 6 nitrogen and oxygen atoms in total. The van der Waals surface area contributed by atoms with Gasteiger partial charge in [-0.25, -0.2) is 4.68 Å². The molecular formula is C19H17IN4O2. The number of pyridine rings is 1. The van der Waals surface area contributed by atoms with Crippen molar-refractivity contribution in [1.82, 2.24) is 20.1 Å². The van der Waals surface area contributed by atoms with Gasteiger partial charge in [-0.05, 0) is 65.4 Å². The Kier molecular flexibility index (Phi) is 5.77. The van der Waals surface area contributed by atoms with Gasteiger partial charge < -0.3 is 5.32 Å². The van der Waals surface area contributed by atoms with Crippen LogP contribution in [0.2, 0.25) is 0 Å². The maximum atomic E-state index is 12.5. The summed E-state index contributed by atoms with van der Waals surface area (Å²) < 4.78 is 2.33. The molecule has 2 aromatic heterocycles. The van der Waals surface area contributed by atoms with E-state index in [0.29, 0.717) is 12.2 Å². The predicted molar refractivity (Wildman–Crippen MR) is 107 cm³/mol. The highest BCUT2D eigenvalue weighted by Crippen LogP contribution is 2.14. The summed E-state index contributed by atoms with van der Waals surface area (Å²) in [6.45, 7) is 2.06. The van der Waals surface area contributed by atoms with Crippen LogP contribution in [0.3, 0.4) is 0 Å². The van der Waals surface area contributed by atoms with Crippen molar-refractivity contribution in [2.75, 3.05) is 0 Å². The predicted octanol–water partition coefficient (Wildman–Crippen LogP) is 2.79. The molecule has 0 aliphatic heterocycles. The Bertz CT molecular complexity index is 955. The molecule has 132 valence electrons. The summed E-state index contributed by atoms with van der Waals surface area (Å²) in [7, 11) is 0. The molecule has 2 heterocycles. The summed E-state index contributed by atoms with van der Waals surface area (Å²) >= 11 is 2.23. The summed E-state index contributed by atoms with van der Waals surface area (Å²) in [4.78, 5) is 28.7. The number of aromatic nitrogens is 3. The van der Waals surface area contributed by atoms with E-state index in [1.807, 2.05) is 30.3 Å². The zero-order chi connectivity index (χ0) is 18.5. The van der Waals surface area contributed by atoms with Crippen molar-refractivity contribution in [3.8, 4) is 11.3 Å².